The van der Waals surface area contributed by atoms with Gasteiger partial charge in [0.2, 0.25) is 0 Å². The van der Waals surface area contributed by atoms with Crippen LogP contribution in [0.1, 0.15) is 55.3 Å². The van der Waals surface area contributed by atoms with Gasteiger partial charge in [-0.1, -0.05) is 97.4 Å². The minimum Gasteiger partial charge on any atom is -0.493 e. The van der Waals surface area contributed by atoms with Crippen molar-refractivity contribution in [3.8, 4) is 22.6 Å². The van der Waals surface area contributed by atoms with Crippen LogP contribution in [0.5, 0.6) is 11.5 Å². The minimum absolute atomic E-state index is 0.132. The second kappa shape index (κ2) is 17.2. The molecule has 0 amide bonds. The predicted octanol–water partition coefficient (Wildman–Crippen LogP) is 9.22. The quantitative estimate of drug-likeness (QED) is 0.0422. The lowest BCUT2D eigenvalue weighted by Gasteiger charge is -2.19. The molecule has 5 rings (SSSR count). The van der Waals surface area contributed by atoms with E-state index in [1.165, 1.54) is 0 Å². The van der Waals surface area contributed by atoms with Gasteiger partial charge in [-0.15, -0.1) is 0 Å². The molecule has 0 aliphatic carbocycles. The lowest BCUT2D eigenvalue weighted by atomic mass is 9.92. The molecule has 6 heteroatoms. The predicted molar refractivity (Wildman–Crippen MR) is 184 cm³/mol. The van der Waals surface area contributed by atoms with Gasteiger partial charge in [0.1, 0.15) is 11.5 Å². The van der Waals surface area contributed by atoms with Crippen LogP contribution in [0.4, 0.5) is 0 Å². The summed E-state index contributed by atoms with van der Waals surface area (Å²) in [5.74, 6) is 1.10. The highest BCUT2D eigenvalue weighted by Gasteiger charge is 2.20. The van der Waals surface area contributed by atoms with Gasteiger partial charge >= 0.3 is 5.97 Å². The summed E-state index contributed by atoms with van der Waals surface area (Å²) in [7, 11) is 1.67. The number of unbranched alkanes of at least 4 members (excludes halogenated alkanes) is 3. The van der Waals surface area contributed by atoms with Crippen molar-refractivity contribution >= 4 is 33.3 Å². The number of methoxy groups -OCH3 is 1. The van der Waals surface area contributed by atoms with Crippen LogP contribution in [0, 0.1) is 0 Å². The fourth-order valence-electron chi connectivity index (χ4n) is 5.63. The Kier molecular flexibility index (Phi) is 12.3. The monoisotopic (exact) mass is 618 g/mol. The van der Waals surface area contributed by atoms with E-state index in [0.29, 0.717) is 45.0 Å². The third-order valence-electron chi connectivity index (χ3n) is 8.01. The van der Waals surface area contributed by atoms with Crippen LogP contribution in [0.3, 0.4) is 0 Å². The van der Waals surface area contributed by atoms with Crippen LogP contribution in [0.25, 0.3) is 32.7 Å². The van der Waals surface area contributed by atoms with Gasteiger partial charge in [-0.2, -0.15) is 0 Å². The van der Waals surface area contributed by atoms with Gasteiger partial charge in [0.15, 0.2) is 5.78 Å². The van der Waals surface area contributed by atoms with Crippen LogP contribution in [-0.2, 0) is 14.3 Å². The first kappa shape index (κ1) is 32.9. The first-order valence-electron chi connectivity index (χ1n) is 16.2. The second-order valence-corrected chi connectivity index (χ2v) is 11.3. The topological polar surface area (TPSA) is 71.1 Å². The largest absolute Gasteiger partial charge is 0.493 e. The van der Waals surface area contributed by atoms with Gasteiger partial charge in [-0.05, 0) is 59.4 Å². The normalized spacial score (nSPS) is 11.2. The van der Waals surface area contributed by atoms with E-state index in [2.05, 4.69) is 30.3 Å². The standard InChI is InChI=1S/C40H42O6/c1-43-28-29-44-26-12-13-27-45-36-24-22-30-14-8-10-18-33(30)39(36)40-34-19-11-9-15-31(34)23-25-37(40)46-38(42)21-7-3-6-20-35(41)32-16-4-2-5-17-32/h2,4-5,8-11,14-19,22-25H,3,6-7,12-13,20-21,26-29H2,1H3. The van der Waals surface area contributed by atoms with Gasteiger partial charge < -0.3 is 18.9 Å². The number of rotatable bonds is 18. The van der Waals surface area contributed by atoms with Crippen LogP contribution in [-0.4, -0.2) is 45.3 Å². The van der Waals surface area contributed by atoms with Gasteiger partial charge in [0.05, 0.1) is 19.8 Å². The fourth-order valence-corrected chi connectivity index (χ4v) is 5.63. The molecule has 0 N–H and O–H groups in total. The third kappa shape index (κ3) is 8.81. The highest BCUT2D eigenvalue weighted by molar-refractivity contribution is 6.10. The Morgan fingerprint density at radius 1 is 0.543 bits per heavy atom. The number of carbonyl (C=O) groups is 2. The summed E-state index contributed by atoms with van der Waals surface area (Å²) in [5, 5.41) is 4.14. The number of Topliss-reactive ketones (excluding diaryl/α,β-unsaturated/α-hetero) is 1. The zero-order chi connectivity index (χ0) is 32.0. The average Bonchev–Trinajstić information content (AvgIpc) is 3.09. The summed E-state index contributed by atoms with van der Waals surface area (Å²) in [4.78, 5) is 25.6. The number of hydrogen-bond donors (Lipinski definition) is 0. The highest BCUT2D eigenvalue weighted by Crippen LogP contribution is 2.45. The second-order valence-electron chi connectivity index (χ2n) is 11.3. The van der Waals surface area contributed by atoms with Crippen molar-refractivity contribution in [1.82, 2.24) is 0 Å². The summed E-state index contributed by atoms with van der Waals surface area (Å²) in [6.45, 7) is 2.36. The summed E-state index contributed by atoms with van der Waals surface area (Å²) in [6.07, 6.45) is 4.63. The average molecular weight is 619 g/mol. The number of ketones is 1. The molecule has 0 saturated carbocycles. The fraction of sp³-hybridized carbons (Fsp3) is 0.300. The number of carbonyl (C=O) groups excluding carboxylic acids is 2. The summed E-state index contributed by atoms with van der Waals surface area (Å²) in [6, 6.07) is 33.7. The van der Waals surface area contributed by atoms with E-state index in [9.17, 15) is 9.59 Å². The van der Waals surface area contributed by atoms with E-state index in [4.69, 9.17) is 18.9 Å². The molecule has 0 spiro atoms. The zero-order valence-electron chi connectivity index (χ0n) is 26.5. The van der Waals surface area contributed by atoms with Crippen molar-refractivity contribution in [1.29, 1.82) is 0 Å². The Morgan fingerprint density at radius 3 is 1.87 bits per heavy atom. The molecular formula is C40H42O6. The molecule has 0 saturated heterocycles. The maximum atomic E-state index is 13.2. The van der Waals surface area contributed by atoms with Gasteiger partial charge in [0, 0.05) is 43.2 Å². The molecule has 0 radical (unpaired) electrons. The molecule has 0 atom stereocenters. The summed E-state index contributed by atoms with van der Waals surface area (Å²) in [5.41, 5.74) is 2.48. The van der Waals surface area contributed by atoms with Gasteiger partial charge in [-0.25, -0.2) is 0 Å². The van der Waals surface area contributed by atoms with E-state index >= 15 is 0 Å². The molecule has 0 bridgehead atoms. The Balaban J connectivity index is 1.32. The Bertz CT molecular complexity index is 1730. The van der Waals surface area contributed by atoms with E-state index in [0.717, 1.165) is 69.7 Å². The lowest BCUT2D eigenvalue weighted by molar-refractivity contribution is -0.134. The van der Waals surface area contributed by atoms with Crippen LogP contribution in [0.15, 0.2) is 103 Å². The van der Waals surface area contributed by atoms with Crippen molar-refractivity contribution in [2.45, 2.75) is 44.9 Å². The molecule has 0 aromatic heterocycles. The van der Waals surface area contributed by atoms with Gasteiger partial charge in [-0.3, -0.25) is 9.59 Å². The molecule has 0 fully saturated rings. The van der Waals surface area contributed by atoms with Gasteiger partial charge in [0.25, 0.3) is 0 Å². The molecule has 6 nitrogen and oxygen atoms in total. The Labute approximate surface area is 271 Å². The zero-order valence-corrected chi connectivity index (χ0v) is 26.5. The van der Waals surface area contributed by atoms with Crippen molar-refractivity contribution in [3.63, 3.8) is 0 Å². The highest BCUT2D eigenvalue weighted by atomic mass is 16.5. The minimum atomic E-state index is -0.290. The van der Waals surface area contributed by atoms with Crippen molar-refractivity contribution in [3.05, 3.63) is 109 Å². The molecule has 0 heterocycles. The maximum absolute atomic E-state index is 13.2. The van der Waals surface area contributed by atoms with Crippen LogP contribution >= 0.6 is 0 Å². The third-order valence-corrected chi connectivity index (χ3v) is 8.01. The van der Waals surface area contributed by atoms with E-state index < -0.39 is 0 Å². The number of ether oxygens (including phenoxy) is 4. The molecule has 5 aromatic carbocycles. The lowest BCUT2D eigenvalue weighted by Crippen LogP contribution is -2.09. The van der Waals surface area contributed by atoms with Crippen molar-refractivity contribution < 1.29 is 28.5 Å². The van der Waals surface area contributed by atoms with E-state index in [-0.39, 0.29) is 18.2 Å². The molecule has 0 unspecified atom stereocenters. The molecule has 238 valence electrons. The Hall–Kier alpha value is -4.52. The molecule has 0 aliphatic rings. The number of hydrogen-bond acceptors (Lipinski definition) is 6. The molecule has 46 heavy (non-hydrogen) atoms. The van der Waals surface area contributed by atoms with Crippen LogP contribution in [0.2, 0.25) is 0 Å². The SMILES string of the molecule is COCCOCCCCOc1ccc2ccccc2c1-c1c(OC(=O)CCCCCC(=O)c2ccccc2)ccc2ccccc12. The maximum Gasteiger partial charge on any atom is 0.311 e. The van der Waals surface area contributed by atoms with E-state index in [1.54, 1.807) is 7.11 Å². The molecular weight excluding hydrogens is 576 g/mol. The number of esters is 1. The van der Waals surface area contributed by atoms with Crippen molar-refractivity contribution in [2.24, 2.45) is 0 Å². The molecule has 0 aliphatic heterocycles. The smallest absolute Gasteiger partial charge is 0.311 e. The summed E-state index contributed by atoms with van der Waals surface area (Å²) >= 11 is 0. The first-order valence-corrected chi connectivity index (χ1v) is 16.2. The number of fused-ring (bicyclic) bond motifs is 2. The number of benzene rings is 5. The summed E-state index contributed by atoms with van der Waals surface area (Å²) < 4.78 is 23.2. The van der Waals surface area contributed by atoms with Crippen LogP contribution < -0.4 is 9.47 Å². The van der Waals surface area contributed by atoms with E-state index in [1.807, 2.05) is 72.8 Å². The van der Waals surface area contributed by atoms with Crippen molar-refractivity contribution in [2.75, 3.05) is 33.5 Å². The molecule has 5 aromatic rings. The first-order chi connectivity index (χ1) is 22.7. The Morgan fingerprint density at radius 2 is 1.15 bits per heavy atom.